The third-order valence-corrected chi connectivity index (χ3v) is 4.62. The first-order valence-corrected chi connectivity index (χ1v) is 7.92. The summed E-state index contributed by atoms with van der Waals surface area (Å²) in [7, 11) is 0. The van der Waals surface area contributed by atoms with E-state index < -0.39 is 5.60 Å². The summed E-state index contributed by atoms with van der Waals surface area (Å²) in [6.07, 6.45) is -0.248. The van der Waals surface area contributed by atoms with E-state index in [1.54, 1.807) is 16.2 Å². The Kier molecular flexibility index (Phi) is 3.53. The van der Waals surface area contributed by atoms with Gasteiger partial charge in [0.05, 0.1) is 4.70 Å². The number of rotatable bonds is 1. The molecule has 0 saturated carbocycles. The predicted octanol–water partition coefficient (Wildman–Crippen LogP) is 3.68. The summed E-state index contributed by atoms with van der Waals surface area (Å²) in [5.74, 6) is 0.343. The van der Waals surface area contributed by atoms with Gasteiger partial charge in [-0.2, -0.15) is 0 Å². The van der Waals surface area contributed by atoms with E-state index in [1.807, 2.05) is 32.9 Å². The van der Waals surface area contributed by atoms with Crippen molar-refractivity contribution in [3.05, 3.63) is 22.2 Å². The maximum atomic E-state index is 11.9. The summed E-state index contributed by atoms with van der Waals surface area (Å²) < 4.78 is 6.38. The van der Waals surface area contributed by atoms with E-state index in [2.05, 4.69) is 10.2 Å². The van der Waals surface area contributed by atoms with Crippen LogP contribution in [0.4, 0.5) is 4.79 Å². The van der Waals surface area contributed by atoms with Gasteiger partial charge >= 0.3 is 6.09 Å². The highest BCUT2D eigenvalue weighted by molar-refractivity contribution is 7.19. The van der Waals surface area contributed by atoms with Gasteiger partial charge in [0.25, 0.3) is 0 Å². The lowest BCUT2D eigenvalue weighted by molar-refractivity contribution is 0.00847. The molecule has 3 rings (SSSR count). The molecule has 0 atom stereocenters. The number of hydrogen-bond donors (Lipinski definition) is 0. The van der Waals surface area contributed by atoms with Gasteiger partial charge in [-0.05, 0) is 32.9 Å². The van der Waals surface area contributed by atoms with Crippen molar-refractivity contribution >= 4 is 39.2 Å². The number of amides is 1. The van der Waals surface area contributed by atoms with Gasteiger partial charge in [0.2, 0.25) is 0 Å². The fourth-order valence-corrected chi connectivity index (χ4v) is 3.50. The van der Waals surface area contributed by atoms with Crippen LogP contribution < -0.4 is 0 Å². The van der Waals surface area contributed by atoms with Gasteiger partial charge in [-0.1, -0.05) is 11.6 Å². The van der Waals surface area contributed by atoms with Crippen molar-refractivity contribution in [1.29, 1.82) is 0 Å². The Morgan fingerprint density at radius 2 is 2.10 bits per heavy atom. The lowest BCUT2D eigenvalue weighted by Crippen LogP contribution is -2.50. The van der Waals surface area contributed by atoms with Crippen molar-refractivity contribution < 1.29 is 9.53 Å². The third-order valence-electron chi connectivity index (χ3n) is 3.20. The highest BCUT2D eigenvalue weighted by Gasteiger charge is 2.35. The quantitative estimate of drug-likeness (QED) is 0.802. The zero-order chi connectivity index (χ0) is 15.2. The smallest absolute Gasteiger partial charge is 0.410 e. The molecule has 0 aromatic carbocycles. The number of nitrogens with zero attached hydrogens (tertiary/aromatic N) is 3. The molecule has 0 unspecified atom stereocenters. The van der Waals surface area contributed by atoms with Gasteiger partial charge in [0.15, 0.2) is 5.15 Å². The molecule has 2 aromatic heterocycles. The van der Waals surface area contributed by atoms with E-state index in [1.165, 1.54) is 4.88 Å². The van der Waals surface area contributed by atoms with E-state index in [0.29, 0.717) is 24.2 Å². The topological polar surface area (TPSA) is 55.3 Å². The molecule has 1 amide bonds. The molecule has 0 radical (unpaired) electrons. The fourth-order valence-electron chi connectivity index (χ4n) is 2.17. The van der Waals surface area contributed by atoms with Gasteiger partial charge in [-0.25, -0.2) is 4.79 Å². The molecular weight excluding hydrogens is 310 g/mol. The Balaban J connectivity index is 1.66. The van der Waals surface area contributed by atoms with E-state index in [0.717, 1.165) is 10.2 Å². The first-order valence-electron chi connectivity index (χ1n) is 6.72. The monoisotopic (exact) mass is 325 g/mol. The van der Waals surface area contributed by atoms with Crippen LogP contribution in [0.3, 0.4) is 0 Å². The molecule has 3 heterocycles. The molecule has 0 aliphatic carbocycles. The van der Waals surface area contributed by atoms with Crippen LogP contribution in [0.1, 0.15) is 31.6 Å². The van der Waals surface area contributed by atoms with Crippen LogP contribution in [0.15, 0.2) is 12.1 Å². The van der Waals surface area contributed by atoms with Crippen LogP contribution in [-0.2, 0) is 4.74 Å². The normalized spacial score (nSPS) is 16.1. The lowest BCUT2D eigenvalue weighted by Gasteiger charge is -2.39. The highest BCUT2D eigenvalue weighted by Crippen LogP contribution is 2.36. The summed E-state index contributed by atoms with van der Waals surface area (Å²) in [5, 5.41) is 8.32. The molecular formula is C14H16ClN3O2S. The average molecular weight is 326 g/mol. The Labute approximate surface area is 131 Å². The van der Waals surface area contributed by atoms with Crippen molar-refractivity contribution in [3.8, 4) is 0 Å². The van der Waals surface area contributed by atoms with Gasteiger partial charge < -0.3 is 9.64 Å². The summed E-state index contributed by atoms with van der Waals surface area (Å²) in [5.41, 5.74) is 0.404. The molecule has 1 aliphatic heterocycles. The average Bonchev–Trinajstić information content (AvgIpc) is 2.66. The first-order chi connectivity index (χ1) is 9.82. The zero-order valence-electron chi connectivity index (χ0n) is 12.1. The number of carbonyl (C=O) groups is 1. The van der Waals surface area contributed by atoms with Crippen molar-refractivity contribution in [3.63, 3.8) is 0 Å². The van der Waals surface area contributed by atoms with E-state index >= 15 is 0 Å². The third kappa shape index (κ3) is 3.11. The molecule has 21 heavy (non-hydrogen) atoms. The molecule has 112 valence electrons. The fraction of sp³-hybridized carbons (Fsp3) is 0.500. The number of fused-ring (bicyclic) bond motifs is 1. The number of carbonyl (C=O) groups excluding carboxylic acids is 1. The van der Waals surface area contributed by atoms with Gasteiger partial charge in [-0.3, -0.25) is 0 Å². The Hall–Kier alpha value is -1.40. The minimum absolute atomic E-state index is 0.248. The first kappa shape index (κ1) is 14.5. The number of likely N-dealkylation sites (tertiary alicyclic amines) is 1. The molecule has 1 saturated heterocycles. The minimum Gasteiger partial charge on any atom is -0.444 e. The van der Waals surface area contributed by atoms with Gasteiger partial charge in [0.1, 0.15) is 11.1 Å². The summed E-state index contributed by atoms with van der Waals surface area (Å²) in [4.78, 5) is 14.8. The second kappa shape index (κ2) is 5.10. The van der Waals surface area contributed by atoms with Crippen molar-refractivity contribution in [1.82, 2.24) is 15.1 Å². The molecule has 5 nitrogen and oxygen atoms in total. The maximum Gasteiger partial charge on any atom is 0.410 e. The van der Waals surface area contributed by atoms with E-state index in [9.17, 15) is 4.79 Å². The Morgan fingerprint density at radius 3 is 2.76 bits per heavy atom. The SMILES string of the molecule is CC(C)(C)OC(=O)N1CC(c2cc3nnc(Cl)cc3s2)C1. The summed E-state index contributed by atoms with van der Waals surface area (Å²) in [6, 6.07) is 3.85. The largest absolute Gasteiger partial charge is 0.444 e. The number of aromatic nitrogens is 2. The zero-order valence-corrected chi connectivity index (χ0v) is 13.7. The number of thiophene rings is 1. The number of hydrogen-bond acceptors (Lipinski definition) is 5. The predicted molar refractivity (Wildman–Crippen MR) is 83.0 cm³/mol. The van der Waals surface area contributed by atoms with E-state index in [4.69, 9.17) is 16.3 Å². The van der Waals surface area contributed by atoms with Crippen molar-refractivity contribution in [2.45, 2.75) is 32.3 Å². The number of ether oxygens (including phenoxy) is 1. The van der Waals surface area contributed by atoms with Crippen LogP contribution >= 0.6 is 22.9 Å². The molecule has 0 spiro atoms. The Bertz CT molecular complexity index is 689. The minimum atomic E-state index is -0.452. The summed E-state index contributed by atoms with van der Waals surface area (Å²) in [6.45, 7) is 6.98. The van der Waals surface area contributed by atoms with Gasteiger partial charge in [-0.15, -0.1) is 21.5 Å². The van der Waals surface area contributed by atoms with Crippen LogP contribution in [0.5, 0.6) is 0 Å². The molecule has 7 heteroatoms. The maximum absolute atomic E-state index is 11.9. The second-order valence-corrected chi connectivity index (χ2v) is 7.65. The van der Waals surface area contributed by atoms with Gasteiger partial charge in [0, 0.05) is 23.9 Å². The molecule has 2 aromatic rings. The van der Waals surface area contributed by atoms with Crippen molar-refractivity contribution in [2.24, 2.45) is 0 Å². The van der Waals surface area contributed by atoms with Crippen LogP contribution in [0, 0.1) is 0 Å². The second-order valence-electron chi connectivity index (χ2n) is 6.15. The number of halogens is 1. The molecule has 1 fully saturated rings. The van der Waals surface area contributed by atoms with Crippen LogP contribution in [0.25, 0.3) is 10.2 Å². The molecule has 0 N–H and O–H groups in total. The van der Waals surface area contributed by atoms with Crippen molar-refractivity contribution in [2.75, 3.05) is 13.1 Å². The van der Waals surface area contributed by atoms with Crippen LogP contribution in [0.2, 0.25) is 5.15 Å². The Morgan fingerprint density at radius 1 is 1.38 bits per heavy atom. The van der Waals surface area contributed by atoms with E-state index in [-0.39, 0.29) is 6.09 Å². The lowest BCUT2D eigenvalue weighted by atomic mass is 9.99. The van der Waals surface area contributed by atoms with Crippen LogP contribution in [-0.4, -0.2) is 39.9 Å². The highest BCUT2D eigenvalue weighted by atomic mass is 35.5. The standard InChI is InChI=1S/C14H16ClN3O2S/c1-14(2,3)20-13(19)18-6-8(7-18)10-4-9-11(21-10)5-12(15)17-16-9/h4-5,8H,6-7H2,1-3H3. The molecule has 0 bridgehead atoms. The summed E-state index contributed by atoms with van der Waals surface area (Å²) >= 11 is 7.50. The molecule has 1 aliphatic rings.